The molecular weight excluding hydrogens is 614 g/mol. The zero-order valence-corrected chi connectivity index (χ0v) is 27.2. The van der Waals surface area contributed by atoms with Gasteiger partial charge >= 0.3 is 0 Å². The first-order valence-corrected chi connectivity index (χ1v) is 18.6. The molecule has 2 unspecified atom stereocenters. The van der Waals surface area contributed by atoms with E-state index in [9.17, 15) is 16.8 Å². The Morgan fingerprint density at radius 1 is 0.977 bits per heavy atom. The number of hydrogen-bond donors (Lipinski definition) is 0. The molecule has 1 radical (unpaired) electrons. The Labute approximate surface area is 261 Å². The highest BCUT2D eigenvalue weighted by Crippen LogP contribution is 2.32. The molecule has 2 aliphatic rings. The summed E-state index contributed by atoms with van der Waals surface area (Å²) in [6.07, 6.45) is 6.67. The van der Waals surface area contributed by atoms with E-state index in [1.807, 2.05) is 43.3 Å². The van der Waals surface area contributed by atoms with Crippen molar-refractivity contribution in [3.05, 3.63) is 71.0 Å². The maximum absolute atomic E-state index is 12.4. The van der Waals surface area contributed by atoms with E-state index >= 15 is 0 Å². The second kappa shape index (κ2) is 16.6. The zero-order valence-electron chi connectivity index (χ0n) is 24.8. The summed E-state index contributed by atoms with van der Waals surface area (Å²) in [7, 11) is -6.43. The molecule has 2 aliphatic heterocycles. The summed E-state index contributed by atoms with van der Waals surface area (Å²) in [4.78, 5) is 4.19. The summed E-state index contributed by atoms with van der Waals surface area (Å²) in [5.74, 6) is 0.372. The molecule has 0 saturated carbocycles. The number of aromatic nitrogens is 1. The van der Waals surface area contributed by atoms with Crippen LogP contribution in [0.5, 0.6) is 0 Å². The first kappa shape index (κ1) is 34.2. The highest BCUT2D eigenvalue weighted by molar-refractivity contribution is 7.89. The third-order valence-electron chi connectivity index (χ3n) is 7.65. The lowest BCUT2D eigenvalue weighted by atomic mass is 10.0. The van der Waals surface area contributed by atoms with Crippen molar-refractivity contribution >= 4 is 31.6 Å². The molecule has 13 heteroatoms. The van der Waals surface area contributed by atoms with Crippen LogP contribution < -0.4 is 0 Å². The van der Waals surface area contributed by atoms with Gasteiger partial charge in [0.2, 0.25) is 20.0 Å². The van der Waals surface area contributed by atoms with Gasteiger partial charge in [0.15, 0.2) is 0 Å². The highest BCUT2D eigenvalue weighted by Gasteiger charge is 2.33. The fourth-order valence-electron chi connectivity index (χ4n) is 5.36. The Balaban J connectivity index is 1.54. The summed E-state index contributed by atoms with van der Waals surface area (Å²) in [5, 5.41) is 0.615. The van der Waals surface area contributed by atoms with Gasteiger partial charge in [0.05, 0.1) is 30.8 Å². The van der Waals surface area contributed by atoms with E-state index in [4.69, 9.17) is 25.8 Å². The Morgan fingerprint density at radius 2 is 1.65 bits per heavy atom. The predicted octanol–water partition coefficient (Wildman–Crippen LogP) is 4.58. The molecule has 2 fully saturated rings. The smallest absolute Gasteiger partial charge is 0.214 e. The van der Waals surface area contributed by atoms with Crippen molar-refractivity contribution in [3.63, 3.8) is 0 Å². The fraction of sp³-hybridized carbons (Fsp3) is 0.600. The van der Waals surface area contributed by atoms with Gasteiger partial charge in [-0.3, -0.25) is 4.98 Å². The first-order chi connectivity index (χ1) is 20.7. The van der Waals surface area contributed by atoms with E-state index in [0.29, 0.717) is 95.7 Å². The average Bonchev–Trinajstić information content (AvgIpc) is 3.51. The van der Waals surface area contributed by atoms with Crippen LogP contribution in [0.2, 0.25) is 5.02 Å². The van der Waals surface area contributed by atoms with E-state index in [1.165, 1.54) is 0 Å². The molecule has 4 rings (SSSR count). The van der Waals surface area contributed by atoms with Gasteiger partial charge < -0.3 is 14.2 Å². The van der Waals surface area contributed by atoms with Crippen molar-refractivity contribution in [2.45, 2.75) is 64.3 Å². The van der Waals surface area contributed by atoms with Gasteiger partial charge in [-0.15, -0.1) is 0 Å². The van der Waals surface area contributed by atoms with E-state index in [-0.39, 0.29) is 11.5 Å². The lowest BCUT2D eigenvalue weighted by Crippen LogP contribution is -2.32. The summed E-state index contributed by atoms with van der Waals surface area (Å²) >= 11 is 6.16. The van der Waals surface area contributed by atoms with Crippen LogP contribution >= 0.6 is 11.6 Å². The van der Waals surface area contributed by atoms with Crippen LogP contribution in [0.1, 0.15) is 62.7 Å². The van der Waals surface area contributed by atoms with Crippen LogP contribution in [0.4, 0.5) is 0 Å². The van der Waals surface area contributed by atoms with Crippen molar-refractivity contribution in [2.24, 2.45) is 0 Å². The first-order valence-electron chi connectivity index (χ1n) is 15.0. The third-order valence-corrected chi connectivity index (χ3v) is 11.8. The number of benzene rings is 1. The molecule has 0 spiro atoms. The minimum Gasteiger partial charge on any atom is -0.379 e. The minimum absolute atomic E-state index is 0.184. The largest absolute Gasteiger partial charge is 0.379 e. The average molecular weight is 657 g/mol. The van der Waals surface area contributed by atoms with Crippen molar-refractivity contribution < 1.29 is 31.0 Å². The quantitative estimate of drug-likeness (QED) is 0.229. The lowest BCUT2D eigenvalue weighted by Gasteiger charge is -2.31. The Kier molecular flexibility index (Phi) is 13.2. The number of sulfonamides is 2. The Bertz CT molecular complexity index is 1330. The standard InChI is InChI=1S/C30H43ClN3O7S2/c1-2-39-24-30(26-11-13-27(31)14-12-26)41-29(10-5-17-34-19-7-21-43(34,37)38)28(40-23-25-8-3-15-32-22-25)9-4-16-33-18-6-20-42(33,35)36/h3,8,11-15,22,28,30H,2,4-7,9-10,16-21,23-24H2,1H3. The van der Waals surface area contributed by atoms with Gasteiger partial charge in [-0.1, -0.05) is 29.8 Å². The molecule has 2 aromatic rings. The molecule has 239 valence electrons. The Morgan fingerprint density at radius 3 is 2.23 bits per heavy atom. The van der Waals surface area contributed by atoms with Crippen LogP contribution in [-0.4, -0.2) is 87.4 Å². The molecule has 0 N–H and O–H groups in total. The molecule has 2 atom stereocenters. The van der Waals surface area contributed by atoms with Crippen LogP contribution in [0.15, 0.2) is 48.8 Å². The van der Waals surface area contributed by atoms with Gasteiger partial charge in [-0.25, -0.2) is 25.4 Å². The topological polar surface area (TPSA) is 115 Å². The zero-order chi connectivity index (χ0) is 30.7. The van der Waals surface area contributed by atoms with Gasteiger partial charge in [0, 0.05) is 50.2 Å². The van der Waals surface area contributed by atoms with Crippen LogP contribution in [-0.2, 0) is 40.9 Å². The molecule has 1 aromatic heterocycles. The van der Waals surface area contributed by atoms with Crippen LogP contribution in [0, 0.1) is 6.10 Å². The fourth-order valence-corrected chi connectivity index (χ4v) is 8.62. The number of nitrogens with zero attached hydrogens (tertiary/aromatic N) is 3. The van der Waals surface area contributed by atoms with E-state index < -0.39 is 32.3 Å². The summed E-state index contributed by atoms with van der Waals surface area (Å²) in [6.45, 7) is 4.92. The van der Waals surface area contributed by atoms with E-state index in [1.54, 1.807) is 21.0 Å². The number of hydrogen-bond acceptors (Lipinski definition) is 8. The molecule has 0 bridgehead atoms. The molecule has 10 nitrogen and oxygen atoms in total. The van der Waals surface area contributed by atoms with E-state index in [0.717, 1.165) is 11.1 Å². The predicted molar refractivity (Wildman–Crippen MR) is 166 cm³/mol. The molecule has 0 aliphatic carbocycles. The van der Waals surface area contributed by atoms with Crippen molar-refractivity contribution in [2.75, 3.05) is 50.9 Å². The summed E-state index contributed by atoms with van der Waals surface area (Å²) in [6, 6.07) is 11.2. The normalized spacial score (nSPS) is 20.1. The van der Waals surface area contributed by atoms with Crippen LogP contribution in [0.3, 0.4) is 0 Å². The summed E-state index contributed by atoms with van der Waals surface area (Å²) < 4.78 is 71.8. The van der Waals surface area contributed by atoms with Gasteiger partial charge in [0.25, 0.3) is 0 Å². The highest BCUT2D eigenvalue weighted by atomic mass is 35.5. The molecule has 43 heavy (non-hydrogen) atoms. The maximum Gasteiger partial charge on any atom is 0.214 e. The van der Waals surface area contributed by atoms with Gasteiger partial charge in [0.1, 0.15) is 12.2 Å². The number of pyridine rings is 1. The molecule has 1 aromatic carbocycles. The van der Waals surface area contributed by atoms with Crippen molar-refractivity contribution in [3.8, 4) is 0 Å². The molecule has 2 saturated heterocycles. The molecule has 3 heterocycles. The van der Waals surface area contributed by atoms with Crippen molar-refractivity contribution in [1.82, 2.24) is 13.6 Å². The number of rotatable bonds is 18. The van der Waals surface area contributed by atoms with Crippen LogP contribution in [0.25, 0.3) is 0 Å². The monoisotopic (exact) mass is 656 g/mol. The van der Waals surface area contributed by atoms with Crippen molar-refractivity contribution in [1.29, 1.82) is 0 Å². The van der Waals surface area contributed by atoms with Gasteiger partial charge in [-0.05, 0) is 74.8 Å². The third kappa shape index (κ3) is 10.5. The molecular formula is C30H43ClN3O7S2. The second-order valence-electron chi connectivity index (χ2n) is 10.8. The van der Waals surface area contributed by atoms with E-state index in [2.05, 4.69) is 4.98 Å². The minimum atomic E-state index is -3.22. The number of halogens is 1. The lowest BCUT2D eigenvalue weighted by molar-refractivity contribution is -0.0750. The number of ether oxygens (including phenoxy) is 3. The Hall–Kier alpha value is -1.64. The maximum atomic E-state index is 12.4. The SMILES string of the molecule is CCOCC(O[C](CCCN1CCCS1(=O)=O)C(CCCN1CCCS1(=O)=O)OCc1cccnc1)c1ccc(Cl)cc1. The summed E-state index contributed by atoms with van der Waals surface area (Å²) in [5.41, 5.74) is 1.80. The second-order valence-corrected chi connectivity index (χ2v) is 15.4. The van der Waals surface area contributed by atoms with Gasteiger partial charge in [-0.2, -0.15) is 0 Å². The molecule has 0 amide bonds.